The Morgan fingerprint density at radius 3 is 2.68 bits per heavy atom. The summed E-state index contributed by atoms with van der Waals surface area (Å²) in [5, 5.41) is 16.9. The molecule has 0 atom stereocenters. The molecular formula is C19H30N4O2. The summed E-state index contributed by atoms with van der Waals surface area (Å²) >= 11 is 0. The highest BCUT2D eigenvalue weighted by Gasteiger charge is 2.31. The first-order valence-electron chi connectivity index (χ1n) is 9.34. The summed E-state index contributed by atoms with van der Waals surface area (Å²) in [6, 6.07) is 6.55. The number of hydrogen-bond donors (Lipinski definition) is 3. The second kappa shape index (κ2) is 8.43. The van der Waals surface area contributed by atoms with E-state index in [9.17, 15) is 5.11 Å². The van der Waals surface area contributed by atoms with Crippen LogP contribution in [0.15, 0.2) is 23.2 Å². The number of phenolic OH excluding ortho intramolecular Hbond substituents is 1. The summed E-state index contributed by atoms with van der Waals surface area (Å²) in [4.78, 5) is 7.27. The third kappa shape index (κ3) is 5.01. The highest BCUT2D eigenvalue weighted by atomic mass is 16.5. The Morgan fingerprint density at radius 2 is 2.04 bits per heavy atom. The standard InChI is InChI=1S/C19H30N4O2/c1-3-20-19(21-13-14-12-17(25-2)6-7-18(14)24)22-15-8-10-23(11-9-15)16-4-5-16/h6-7,12,15-16,24H,3-5,8-11,13H2,1-2H3,(H2,20,21,22). The first-order chi connectivity index (χ1) is 12.2. The van der Waals surface area contributed by atoms with Gasteiger partial charge in [0.1, 0.15) is 11.5 Å². The predicted molar refractivity (Wildman–Crippen MR) is 100 cm³/mol. The van der Waals surface area contributed by atoms with E-state index < -0.39 is 0 Å². The number of aromatic hydroxyl groups is 1. The number of rotatable bonds is 6. The van der Waals surface area contributed by atoms with Crippen molar-refractivity contribution < 1.29 is 9.84 Å². The van der Waals surface area contributed by atoms with E-state index in [1.54, 1.807) is 19.2 Å². The number of benzene rings is 1. The van der Waals surface area contributed by atoms with Crippen LogP contribution < -0.4 is 15.4 Å². The van der Waals surface area contributed by atoms with Crippen LogP contribution in [-0.4, -0.2) is 54.8 Å². The molecule has 1 saturated carbocycles. The molecule has 2 aliphatic rings. The van der Waals surface area contributed by atoms with E-state index in [0.717, 1.165) is 42.7 Å². The number of guanidine groups is 1. The first-order valence-corrected chi connectivity index (χ1v) is 9.34. The Kier molecular flexibility index (Phi) is 6.02. The summed E-state index contributed by atoms with van der Waals surface area (Å²) in [7, 11) is 1.62. The van der Waals surface area contributed by atoms with Crippen LogP contribution in [0.3, 0.4) is 0 Å². The zero-order chi connectivity index (χ0) is 17.6. The monoisotopic (exact) mass is 346 g/mol. The Morgan fingerprint density at radius 1 is 1.28 bits per heavy atom. The van der Waals surface area contributed by atoms with E-state index in [0.29, 0.717) is 12.6 Å². The number of methoxy groups -OCH3 is 1. The van der Waals surface area contributed by atoms with Gasteiger partial charge in [0, 0.05) is 37.3 Å². The Labute approximate surface area is 150 Å². The molecular weight excluding hydrogens is 316 g/mol. The lowest BCUT2D eigenvalue weighted by molar-refractivity contribution is 0.197. The maximum atomic E-state index is 10.0. The summed E-state index contributed by atoms with van der Waals surface area (Å²) < 4.78 is 5.22. The van der Waals surface area contributed by atoms with Gasteiger partial charge in [-0.1, -0.05) is 0 Å². The van der Waals surface area contributed by atoms with Gasteiger partial charge in [-0.3, -0.25) is 0 Å². The summed E-state index contributed by atoms with van der Waals surface area (Å²) in [6.45, 7) is 5.66. The van der Waals surface area contributed by atoms with Crippen molar-refractivity contribution in [2.45, 2.75) is 51.2 Å². The number of piperidine rings is 1. The Bertz CT molecular complexity index is 593. The fourth-order valence-corrected chi connectivity index (χ4v) is 3.34. The molecule has 1 aromatic rings. The number of phenols is 1. The maximum absolute atomic E-state index is 10.0. The average Bonchev–Trinajstić information content (AvgIpc) is 3.47. The minimum atomic E-state index is 0.248. The van der Waals surface area contributed by atoms with Crippen molar-refractivity contribution in [3.63, 3.8) is 0 Å². The lowest BCUT2D eigenvalue weighted by Crippen LogP contribution is -2.49. The van der Waals surface area contributed by atoms with E-state index >= 15 is 0 Å². The van der Waals surface area contributed by atoms with Crippen molar-refractivity contribution in [1.82, 2.24) is 15.5 Å². The van der Waals surface area contributed by atoms with Crippen molar-refractivity contribution in [3.8, 4) is 11.5 Å². The molecule has 0 unspecified atom stereocenters. The molecule has 138 valence electrons. The second-order valence-corrected chi connectivity index (χ2v) is 6.88. The van der Waals surface area contributed by atoms with Crippen molar-refractivity contribution >= 4 is 5.96 Å². The van der Waals surface area contributed by atoms with Gasteiger partial charge in [0.2, 0.25) is 0 Å². The molecule has 1 saturated heterocycles. The number of likely N-dealkylation sites (tertiary alicyclic amines) is 1. The quantitative estimate of drug-likeness (QED) is 0.543. The van der Waals surface area contributed by atoms with Crippen LogP contribution in [0, 0.1) is 0 Å². The maximum Gasteiger partial charge on any atom is 0.191 e. The van der Waals surface area contributed by atoms with Gasteiger partial charge in [-0.2, -0.15) is 0 Å². The number of aliphatic imine (C=N–C) groups is 1. The third-order valence-corrected chi connectivity index (χ3v) is 4.97. The highest BCUT2D eigenvalue weighted by molar-refractivity contribution is 5.80. The van der Waals surface area contributed by atoms with Gasteiger partial charge in [-0.25, -0.2) is 4.99 Å². The number of nitrogens with one attached hydrogen (secondary N) is 2. The van der Waals surface area contributed by atoms with Crippen LogP contribution in [0.5, 0.6) is 11.5 Å². The minimum Gasteiger partial charge on any atom is -0.508 e. The fourth-order valence-electron chi connectivity index (χ4n) is 3.34. The third-order valence-electron chi connectivity index (χ3n) is 4.97. The molecule has 1 aromatic carbocycles. The summed E-state index contributed by atoms with van der Waals surface area (Å²) in [5.74, 6) is 1.79. The van der Waals surface area contributed by atoms with Crippen molar-refractivity contribution in [1.29, 1.82) is 0 Å². The molecule has 25 heavy (non-hydrogen) atoms. The van der Waals surface area contributed by atoms with E-state index in [-0.39, 0.29) is 5.75 Å². The molecule has 0 spiro atoms. The van der Waals surface area contributed by atoms with Crippen molar-refractivity contribution in [3.05, 3.63) is 23.8 Å². The van der Waals surface area contributed by atoms with E-state index in [1.807, 2.05) is 6.07 Å². The molecule has 1 aliphatic carbocycles. The Balaban J connectivity index is 1.57. The van der Waals surface area contributed by atoms with Gasteiger partial charge in [0.05, 0.1) is 13.7 Å². The average molecular weight is 346 g/mol. The fraction of sp³-hybridized carbons (Fsp3) is 0.632. The van der Waals surface area contributed by atoms with Crippen LogP contribution in [0.1, 0.15) is 38.2 Å². The second-order valence-electron chi connectivity index (χ2n) is 6.88. The normalized spacial score (nSPS) is 19.7. The van der Waals surface area contributed by atoms with Crippen LogP contribution in [-0.2, 0) is 6.54 Å². The molecule has 6 nitrogen and oxygen atoms in total. The van der Waals surface area contributed by atoms with E-state index in [4.69, 9.17) is 4.74 Å². The van der Waals surface area contributed by atoms with Gasteiger partial charge in [0.15, 0.2) is 5.96 Å². The lowest BCUT2D eigenvalue weighted by atomic mass is 10.1. The van der Waals surface area contributed by atoms with Gasteiger partial charge < -0.3 is 25.4 Å². The van der Waals surface area contributed by atoms with Crippen LogP contribution in [0.25, 0.3) is 0 Å². The topological polar surface area (TPSA) is 69.1 Å². The van der Waals surface area contributed by atoms with Crippen LogP contribution in [0.4, 0.5) is 0 Å². The molecule has 6 heteroatoms. The molecule has 0 amide bonds. The zero-order valence-corrected chi connectivity index (χ0v) is 15.3. The van der Waals surface area contributed by atoms with Gasteiger partial charge in [-0.15, -0.1) is 0 Å². The largest absolute Gasteiger partial charge is 0.508 e. The molecule has 0 bridgehead atoms. The van der Waals surface area contributed by atoms with E-state index in [2.05, 4.69) is 27.4 Å². The molecule has 1 aliphatic heterocycles. The van der Waals surface area contributed by atoms with Gasteiger partial charge >= 0.3 is 0 Å². The number of nitrogens with zero attached hydrogens (tertiary/aromatic N) is 2. The van der Waals surface area contributed by atoms with Crippen LogP contribution >= 0.6 is 0 Å². The molecule has 3 N–H and O–H groups in total. The van der Waals surface area contributed by atoms with Gasteiger partial charge in [0.25, 0.3) is 0 Å². The Hall–Kier alpha value is -1.95. The predicted octanol–water partition coefficient (Wildman–Crippen LogP) is 2.08. The molecule has 3 rings (SSSR count). The lowest BCUT2D eigenvalue weighted by Gasteiger charge is -2.33. The minimum absolute atomic E-state index is 0.248. The number of hydrogen-bond acceptors (Lipinski definition) is 4. The number of ether oxygens (including phenoxy) is 1. The first kappa shape index (κ1) is 17.9. The summed E-state index contributed by atoms with van der Waals surface area (Å²) in [5.41, 5.74) is 0.764. The SMILES string of the molecule is CCNC(=NCc1cc(OC)ccc1O)NC1CCN(C2CC2)CC1. The highest BCUT2D eigenvalue weighted by Crippen LogP contribution is 2.29. The van der Waals surface area contributed by atoms with Gasteiger partial charge in [-0.05, 0) is 50.8 Å². The zero-order valence-electron chi connectivity index (χ0n) is 15.3. The van der Waals surface area contributed by atoms with Crippen molar-refractivity contribution in [2.75, 3.05) is 26.7 Å². The van der Waals surface area contributed by atoms with Crippen molar-refractivity contribution in [2.24, 2.45) is 4.99 Å². The van der Waals surface area contributed by atoms with E-state index in [1.165, 1.54) is 25.9 Å². The summed E-state index contributed by atoms with van der Waals surface area (Å²) in [6.07, 6.45) is 5.08. The van der Waals surface area contributed by atoms with Crippen LogP contribution in [0.2, 0.25) is 0 Å². The smallest absolute Gasteiger partial charge is 0.191 e. The molecule has 0 radical (unpaired) electrons. The molecule has 2 fully saturated rings. The molecule has 0 aromatic heterocycles. The molecule has 1 heterocycles.